The molecule has 7 rings (SSSR count). The minimum atomic E-state index is -0.520. The average Bonchev–Trinajstić information content (AvgIpc) is 4.49. The minimum Gasteiger partial charge on any atom is -0.356 e. The molecule has 0 aliphatic heterocycles. The van der Waals surface area contributed by atoms with Crippen molar-refractivity contribution in [3.05, 3.63) is 126 Å². The lowest BCUT2D eigenvalue weighted by molar-refractivity contribution is -0.121. The fraction of sp³-hybridized carbons (Fsp3) is 0.345. The Morgan fingerprint density at radius 1 is 0.410 bits per heavy atom. The van der Waals surface area contributed by atoms with Crippen LogP contribution < -0.4 is 53.6 Å². The lowest BCUT2D eigenvalue weighted by Crippen LogP contribution is -2.33. The van der Waals surface area contributed by atoms with Gasteiger partial charge in [-0.2, -0.15) is 0 Å². The number of hydrogen-bond donors (Lipinski definition) is 10. The largest absolute Gasteiger partial charge is 0.356 e. The Bertz CT molecular complexity index is 3550. The highest BCUT2D eigenvalue weighted by molar-refractivity contribution is 6.10. The average molecular weight is 1140 g/mol. The van der Waals surface area contributed by atoms with Crippen LogP contribution in [-0.2, 0) is 58.9 Å². The van der Waals surface area contributed by atoms with E-state index in [1.165, 1.54) is 56.3 Å². The standard InChI is InChI=1S/C55H71N19O9/c1-67(19-10-14-56)20-11-16-57-46(75)13-17-60-50(78)41-24-36(30-70(41)4)63-52(80)43-26-38(32-72(43)6)65-53(81)44-25-37(31-73(44)7)64-51(79)42-22-34(28-71(42)5)61-47(76)12-9-15-59-49(77)40-23-35(29-69(40)3)62-54(82)45-27-39(33-74(45)8)66-55(83)48-58-18-21-68(48)2/h18,21-33H,9-17,19-20,56H2,1-8H3,(H,57,75)(H,59,77)(H,60,78)(H,61,76)(H,62,82)(H,63,80)(H,64,79)(H,65,81)(H,66,83). The van der Waals surface area contributed by atoms with Gasteiger partial charge in [-0.25, -0.2) is 4.98 Å². The molecule has 28 heteroatoms. The quantitative estimate of drug-likeness (QED) is 0.0333. The number of nitrogens with zero attached hydrogens (tertiary/aromatic N) is 9. The van der Waals surface area contributed by atoms with Gasteiger partial charge in [0.25, 0.3) is 41.4 Å². The molecule has 0 radical (unpaired) electrons. The van der Waals surface area contributed by atoms with E-state index >= 15 is 0 Å². The van der Waals surface area contributed by atoms with Crippen LogP contribution in [0.2, 0.25) is 0 Å². The number of anilines is 6. The number of nitrogens with one attached hydrogen (secondary N) is 9. The zero-order chi connectivity index (χ0) is 60.1. The lowest BCUT2D eigenvalue weighted by atomic mass is 10.2. The maximum absolute atomic E-state index is 13.5. The lowest BCUT2D eigenvalue weighted by Gasteiger charge is -2.15. The molecule has 0 aliphatic carbocycles. The van der Waals surface area contributed by atoms with E-state index in [9.17, 15) is 43.2 Å². The molecule has 440 valence electrons. The van der Waals surface area contributed by atoms with Gasteiger partial charge in [-0.15, -0.1) is 0 Å². The Morgan fingerprint density at radius 2 is 0.759 bits per heavy atom. The Hall–Kier alpha value is -9.96. The van der Waals surface area contributed by atoms with Crippen LogP contribution in [0.1, 0.15) is 106 Å². The van der Waals surface area contributed by atoms with Gasteiger partial charge in [-0.3, -0.25) is 43.2 Å². The predicted octanol–water partition coefficient (Wildman–Crippen LogP) is 2.77. The third kappa shape index (κ3) is 16.1. The van der Waals surface area contributed by atoms with Gasteiger partial charge in [-0.05, 0) is 82.3 Å². The monoisotopic (exact) mass is 1140 g/mol. The molecule has 11 N–H and O–H groups in total. The fourth-order valence-corrected chi connectivity index (χ4v) is 8.99. The molecule has 83 heavy (non-hydrogen) atoms. The van der Waals surface area contributed by atoms with Gasteiger partial charge in [0.15, 0.2) is 5.82 Å². The van der Waals surface area contributed by atoms with Crippen LogP contribution in [-0.4, -0.2) is 141 Å². The van der Waals surface area contributed by atoms with Gasteiger partial charge < -0.3 is 90.5 Å². The molecule has 0 saturated carbocycles. The smallest absolute Gasteiger partial charge is 0.291 e. The SMILES string of the molecule is CN(CCCN)CCCNC(=O)CCNC(=O)c1cc(NC(=O)c2cc(NC(=O)c3cc(NC(=O)c4cc(NC(=O)CCCNC(=O)c5cc(NC(=O)c6cc(NC(=O)c7nccn7C)cn6C)cn5C)cn4C)cn3C)cn2C)cn1C. The molecule has 0 spiro atoms. The summed E-state index contributed by atoms with van der Waals surface area (Å²) >= 11 is 0. The number of imidazole rings is 1. The number of hydrogen-bond acceptors (Lipinski definition) is 12. The van der Waals surface area contributed by atoms with Crippen molar-refractivity contribution in [3.8, 4) is 0 Å². The highest BCUT2D eigenvalue weighted by Crippen LogP contribution is 2.23. The summed E-state index contributed by atoms with van der Waals surface area (Å²) in [6, 6.07) is 9.06. The molecule has 0 atom stereocenters. The Kier molecular flexibility index (Phi) is 20.1. The van der Waals surface area contributed by atoms with Crippen molar-refractivity contribution in [3.63, 3.8) is 0 Å². The second kappa shape index (κ2) is 27.5. The number of carbonyl (C=O) groups excluding carboxylic acids is 9. The third-order valence-corrected chi connectivity index (χ3v) is 13.3. The number of aromatic nitrogens is 8. The number of nitrogens with two attached hydrogens (primary N) is 1. The normalized spacial score (nSPS) is 11.1. The number of amides is 9. The first-order valence-electron chi connectivity index (χ1n) is 26.6. The summed E-state index contributed by atoms with van der Waals surface area (Å²) in [6.45, 7) is 3.19. The van der Waals surface area contributed by atoms with Gasteiger partial charge in [0.2, 0.25) is 11.8 Å². The molecule has 0 aliphatic rings. The molecular weight excluding hydrogens is 1070 g/mol. The Labute approximate surface area is 478 Å². The van der Waals surface area contributed by atoms with Gasteiger partial charge in [0.1, 0.15) is 34.2 Å². The zero-order valence-corrected chi connectivity index (χ0v) is 47.6. The second-order valence-corrected chi connectivity index (χ2v) is 20.0. The molecule has 28 nitrogen and oxygen atoms in total. The van der Waals surface area contributed by atoms with Crippen LogP contribution in [0, 0.1) is 0 Å². The highest BCUT2D eigenvalue weighted by atomic mass is 16.2. The van der Waals surface area contributed by atoms with Crippen molar-refractivity contribution in [2.75, 3.05) is 78.2 Å². The first-order chi connectivity index (χ1) is 39.6. The van der Waals surface area contributed by atoms with Gasteiger partial charge >= 0.3 is 0 Å². The van der Waals surface area contributed by atoms with E-state index in [4.69, 9.17) is 5.73 Å². The predicted molar refractivity (Wildman–Crippen MR) is 311 cm³/mol. The Morgan fingerprint density at radius 3 is 1.14 bits per heavy atom. The topological polar surface area (TPSA) is 339 Å². The first-order valence-corrected chi connectivity index (χ1v) is 26.6. The summed E-state index contributed by atoms with van der Waals surface area (Å²) in [5, 5.41) is 25.0. The van der Waals surface area contributed by atoms with E-state index in [0.717, 1.165) is 25.9 Å². The summed E-state index contributed by atoms with van der Waals surface area (Å²) < 4.78 is 10.9. The van der Waals surface area contributed by atoms with Crippen molar-refractivity contribution >= 4 is 87.3 Å². The van der Waals surface area contributed by atoms with Crippen molar-refractivity contribution in [1.29, 1.82) is 0 Å². The third-order valence-electron chi connectivity index (χ3n) is 13.3. The zero-order valence-electron chi connectivity index (χ0n) is 47.6. The minimum absolute atomic E-state index is 0.0513. The summed E-state index contributed by atoms with van der Waals surface area (Å²) in [6.07, 6.45) is 14.8. The molecule has 7 heterocycles. The van der Waals surface area contributed by atoms with Gasteiger partial charge in [-0.1, -0.05) is 0 Å². The Balaban J connectivity index is 0.817. The van der Waals surface area contributed by atoms with Crippen LogP contribution in [0.25, 0.3) is 0 Å². The molecule has 0 aromatic carbocycles. The molecule has 0 unspecified atom stereocenters. The van der Waals surface area contributed by atoms with E-state index in [1.54, 1.807) is 111 Å². The summed E-state index contributed by atoms with van der Waals surface area (Å²) in [5.74, 6) is -3.58. The van der Waals surface area contributed by atoms with Crippen molar-refractivity contribution in [1.82, 2.24) is 57.8 Å². The van der Waals surface area contributed by atoms with E-state index in [-0.39, 0.29) is 77.7 Å². The maximum atomic E-state index is 13.5. The van der Waals surface area contributed by atoms with Crippen molar-refractivity contribution < 1.29 is 43.2 Å². The number of aryl methyl sites for hydroxylation is 7. The van der Waals surface area contributed by atoms with Crippen molar-refractivity contribution in [2.24, 2.45) is 55.1 Å². The van der Waals surface area contributed by atoms with E-state index in [0.29, 0.717) is 53.6 Å². The summed E-state index contributed by atoms with van der Waals surface area (Å²) in [7, 11) is 13.6. The molecule has 0 fully saturated rings. The second-order valence-electron chi connectivity index (χ2n) is 20.0. The highest BCUT2D eigenvalue weighted by Gasteiger charge is 2.22. The van der Waals surface area contributed by atoms with Crippen LogP contribution in [0.4, 0.5) is 34.1 Å². The summed E-state index contributed by atoms with van der Waals surface area (Å²) in [4.78, 5) is 124. The van der Waals surface area contributed by atoms with Crippen LogP contribution in [0.5, 0.6) is 0 Å². The molecular formula is C55H71N19O9. The maximum Gasteiger partial charge on any atom is 0.291 e. The molecule has 7 aromatic heterocycles. The van der Waals surface area contributed by atoms with E-state index in [1.807, 2.05) is 7.05 Å². The first kappa shape index (κ1) is 60.7. The molecule has 9 amide bonds. The number of rotatable bonds is 27. The van der Waals surface area contributed by atoms with Crippen LogP contribution in [0.15, 0.2) is 86.0 Å². The van der Waals surface area contributed by atoms with Crippen LogP contribution in [0.3, 0.4) is 0 Å². The number of carbonyl (C=O) groups is 9. The fourth-order valence-electron chi connectivity index (χ4n) is 8.99. The summed E-state index contributed by atoms with van der Waals surface area (Å²) in [5.41, 5.74) is 9.10. The van der Waals surface area contributed by atoms with Crippen molar-refractivity contribution in [2.45, 2.75) is 32.1 Å². The van der Waals surface area contributed by atoms with Crippen LogP contribution >= 0.6 is 0 Å². The molecule has 7 aromatic rings. The molecule has 0 saturated heterocycles. The molecule has 0 bridgehead atoms. The van der Waals surface area contributed by atoms with Gasteiger partial charge in [0, 0.05) is 131 Å². The van der Waals surface area contributed by atoms with Gasteiger partial charge in [0.05, 0.1) is 34.1 Å². The van der Waals surface area contributed by atoms with E-state index < -0.39 is 41.4 Å². The van der Waals surface area contributed by atoms with E-state index in [2.05, 4.69) is 57.7 Å².